The van der Waals surface area contributed by atoms with Crippen molar-refractivity contribution in [3.63, 3.8) is 0 Å². The van der Waals surface area contributed by atoms with Crippen molar-refractivity contribution in [2.45, 2.75) is 19.9 Å². The molecular weight excluding hydrogens is 200 g/mol. The number of imidazole rings is 1. The molecular formula is C9H11ClN4. The number of nitrogens with two attached hydrogens (primary N) is 1. The molecule has 0 atom stereocenters. The van der Waals surface area contributed by atoms with Crippen molar-refractivity contribution in [3.05, 3.63) is 17.4 Å². The first-order chi connectivity index (χ1) is 6.59. The molecule has 0 spiro atoms. The number of nitrogens with zero attached hydrogens (tertiary/aromatic N) is 3. The molecule has 2 heterocycles. The summed E-state index contributed by atoms with van der Waals surface area (Å²) in [5.41, 5.74) is 7.06. The number of fused-ring (bicyclic) bond motifs is 1. The minimum absolute atomic E-state index is 0.297. The number of hydrogen-bond acceptors (Lipinski definition) is 3. The zero-order valence-electron chi connectivity index (χ0n) is 8.03. The molecule has 0 saturated heterocycles. The molecule has 0 aliphatic carbocycles. The fourth-order valence-corrected chi connectivity index (χ4v) is 1.61. The maximum Gasteiger partial charge on any atom is 0.163 e. The molecule has 0 fully saturated rings. The van der Waals surface area contributed by atoms with Gasteiger partial charge in [-0.15, -0.1) is 0 Å². The average Bonchev–Trinajstić information content (AvgIpc) is 2.47. The van der Waals surface area contributed by atoms with Crippen molar-refractivity contribution in [2.75, 3.05) is 5.73 Å². The van der Waals surface area contributed by atoms with Crippen LogP contribution in [0.3, 0.4) is 0 Å². The Bertz CT molecular complexity index is 475. The summed E-state index contributed by atoms with van der Waals surface area (Å²) < 4.78 is 1.94. The fourth-order valence-electron chi connectivity index (χ4n) is 1.36. The van der Waals surface area contributed by atoms with E-state index in [1.165, 1.54) is 0 Å². The van der Waals surface area contributed by atoms with Crippen LogP contribution in [0.4, 0.5) is 5.82 Å². The highest BCUT2D eigenvalue weighted by molar-refractivity contribution is 6.35. The summed E-state index contributed by atoms with van der Waals surface area (Å²) in [6, 6.07) is 1.91. The molecule has 4 nitrogen and oxygen atoms in total. The minimum Gasteiger partial charge on any atom is -0.384 e. The van der Waals surface area contributed by atoms with Gasteiger partial charge in [0.2, 0.25) is 0 Å². The fraction of sp³-hybridized carbons (Fsp3) is 0.333. The average molecular weight is 211 g/mol. The highest BCUT2D eigenvalue weighted by atomic mass is 35.5. The van der Waals surface area contributed by atoms with Gasteiger partial charge >= 0.3 is 0 Å². The number of rotatable bonds is 1. The van der Waals surface area contributed by atoms with Crippen LogP contribution < -0.4 is 5.73 Å². The molecule has 2 aromatic rings. The Morgan fingerprint density at radius 2 is 2.21 bits per heavy atom. The van der Waals surface area contributed by atoms with Crippen LogP contribution in [0, 0.1) is 0 Å². The largest absolute Gasteiger partial charge is 0.384 e. The SMILES string of the molecule is CC(C)n1cnc2c(Cl)cc(N)nc21. The van der Waals surface area contributed by atoms with Gasteiger partial charge in [-0.25, -0.2) is 9.97 Å². The molecule has 0 aromatic carbocycles. The van der Waals surface area contributed by atoms with Gasteiger partial charge in [0, 0.05) is 12.1 Å². The Morgan fingerprint density at radius 1 is 1.50 bits per heavy atom. The van der Waals surface area contributed by atoms with E-state index in [1.807, 2.05) is 4.57 Å². The van der Waals surface area contributed by atoms with Crippen molar-refractivity contribution in [1.29, 1.82) is 0 Å². The summed E-state index contributed by atoms with van der Waals surface area (Å²) in [6.07, 6.45) is 1.73. The molecule has 0 aliphatic rings. The second kappa shape index (κ2) is 3.13. The van der Waals surface area contributed by atoms with Gasteiger partial charge in [-0.2, -0.15) is 0 Å². The summed E-state index contributed by atoms with van der Waals surface area (Å²) in [6.45, 7) is 4.11. The summed E-state index contributed by atoms with van der Waals surface area (Å²) in [5, 5.41) is 0.548. The second-order valence-electron chi connectivity index (χ2n) is 3.45. The lowest BCUT2D eigenvalue weighted by Gasteiger charge is -2.07. The van der Waals surface area contributed by atoms with Gasteiger partial charge in [-0.05, 0) is 13.8 Å². The number of hydrogen-bond donors (Lipinski definition) is 1. The van der Waals surface area contributed by atoms with Crippen LogP contribution in [-0.2, 0) is 0 Å². The van der Waals surface area contributed by atoms with E-state index in [-0.39, 0.29) is 0 Å². The van der Waals surface area contributed by atoms with Gasteiger partial charge in [-0.1, -0.05) is 11.6 Å². The molecule has 74 valence electrons. The number of pyridine rings is 1. The van der Waals surface area contributed by atoms with Crippen LogP contribution in [0.2, 0.25) is 5.02 Å². The summed E-state index contributed by atoms with van der Waals surface area (Å²) >= 11 is 5.98. The molecule has 5 heteroatoms. The quantitative estimate of drug-likeness (QED) is 0.786. The predicted molar refractivity (Wildman–Crippen MR) is 57.3 cm³/mol. The summed E-state index contributed by atoms with van der Waals surface area (Å²) in [7, 11) is 0. The van der Waals surface area contributed by atoms with Crippen molar-refractivity contribution in [2.24, 2.45) is 0 Å². The number of nitrogen functional groups attached to an aromatic ring is 1. The van der Waals surface area contributed by atoms with Crippen molar-refractivity contribution in [1.82, 2.24) is 14.5 Å². The molecule has 0 radical (unpaired) electrons. The van der Waals surface area contributed by atoms with E-state index >= 15 is 0 Å². The van der Waals surface area contributed by atoms with Crippen molar-refractivity contribution in [3.8, 4) is 0 Å². The maximum absolute atomic E-state index is 5.98. The lowest BCUT2D eigenvalue weighted by molar-refractivity contribution is 0.613. The van der Waals surface area contributed by atoms with E-state index in [0.29, 0.717) is 22.4 Å². The topological polar surface area (TPSA) is 56.7 Å². The van der Waals surface area contributed by atoms with E-state index in [1.54, 1.807) is 12.4 Å². The van der Waals surface area contributed by atoms with Crippen LogP contribution in [0.15, 0.2) is 12.4 Å². The molecule has 0 saturated carbocycles. The van der Waals surface area contributed by atoms with Crippen LogP contribution in [0.25, 0.3) is 11.2 Å². The van der Waals surface area contributed by atoms with E-state index in [0.717, 1.165) is 5.65 Å². The molecule has 2 N–H and O–H groups in total. The van der Waals surface area contributed by atoms with E-state index in [2.05, 4.69) is 23.8 Å². The first-order valence-corrected chi connectivity index (χ1v) is 4.76. The molecule has 0 unspecified atom stereocenters. The first-order valence-electron chi connectivity index (χ1n) is 4.38. The normalized spacial score (nSPS) is 11.4. The first kappa shape index (κ1) is 9.27. The Balaban J connectivity index is 2.78. The van der Waals surface area contributed by atoms with Gasteiger partial charge in [0.25, 0.3) is 0 Å². The lowest BCUT2D eigenvalue weighted by atomic mass is 10.3. The molecule has 0 amide bonds. The van der Waals surface area contributed by atoms with Gasteiger partial charge in [0.05, 0.1) is 11.3 Å². The smallest absolute Gasteiger partial charge is 0.163 e. The highest BCUT2D eigenvalue weighted by Crippen LogP contribution is 2.24. The standard InChI is InChI=1S/C9H11ClN4/c1-5(2)14-4-12-8-6(10)3-7(11)13-9(8)14/h3-5H,1-2H3,(H2,11,13). The van der Waals surface area contributed by atoms with E-state index in [4.69, 9.17) is 17.3 Å². The number of anilines is 1. The van der Waals surface area contributed by atoms with Gasteiger partial charge in [0.1, 0.15) is 11.3 Å². The number of halogens is 1. The number of aromatic nitrogens is 3. The lowest BCUT2D eigenvalue weighted by Crippen LogP contribution is -2.01. The van der Waals surface area contributed by atoms with E-state index in [9.17, 15) is 0 Å². The zero-order valence-corrected chi connectivity index (χ0v) is 8.78. The Morgan fingerprint density at radius 3 is 2.86 bits per heavy atom. The van der Waals surface area contributed by atoms with Crippen molar-refractivity contribution < 1.29 is 0 Å². The third-order valence-corrected chi connectivity index (χ3v) is 2.35. The third kappa shape index (κ3) is 1.32. The van der Waals surface area contributed by atoms with Gasteiger partial charge in [-0.3, -0.25) is 0 Å². The molecule has 2 aromatic heterocycles. The van der Waals surface area contributed by atoms with Crippen LogP contribution in [0.1, 0.15) is 19.9 Å². The van der Waals surface area contributed by atoms with Crippen molar-refractivity contribution >= 4 is 28.6 Å². The Labute approximate surface area is 86.7 Å². The van der Waals surface area contributed by atoms with Crippen LogP contribution in [-0.4, -0.2) is 14.5 Å². The van der Waals surface area contributed by atoms with Gasteiger partial charge in [0.15, 0.2) is 5.65 Å². The van der Waals surface area contributed by atoms with Crippen LogP contribution >= 0.6 is 11.6 Å². The second-order valence-corrected chi connectivity index (χ2v) is 3.85. The Kier molecular flexibility index (Phi) is 2.07. The Hall–Kier alpha value is -1.29. The van der Waals surface area contributed by atoms with Crippen LogP contribution in [0.5, 0.6) is 0 Å². The molecule has 0 aliphatic heterocycles. The van der Waals surface area contributed by atoms with E-state index < -0.39 is 0 Å². The van der Waals surface area contributed by atoms with Gasteiger partial charge < -0.3 is 10.3 Å². The monoisotopic (exact) mass is 210 g/mol. The molecule has 2 rings (SSSR count). The zero-order chi connectivity index (χ0) is 10.3. The molecule has 0 bridgehead atoms. The molecule has 14 heavy (non-hydrogen) atoms. The summed E-state index contributed by atoms with van der Waals surface area (Å²) in [5.74, 6) is 0.421. The summed E-state index contributed by atoms with van der Waals surface area (Å²) in [4.78, 5) is 8.40. The highest BCUT2D eigenvalue weighted by Gasteiger charge is 2.10. The third-order valence-electron chi connectivity index (χ3n) is 2.06. The minimum atomic E-state index is 0.297. The maximum atomic E-state index is 5.98. The predicted octanol–water partition coefficient (Wildman–Crippen LogP) is 2.25.